The van der Waals surface area contributed by atoms with E-state index in [2.05, 4.69) is 37.8 Å². The molecule has 5 atom stereocenters. The summed E-state index contributed by atoms with van der Waals surface area (Å²) in [6.07, 6.45) is 9.75. The van der Waals surface area contributed by atoms with E-state index in [1.165, 1.54) is 28.7 Å². The van der Waals surface area contributed by atoms with Gasteiger partial charge in [0.05, 0.1) is 12.2 Å². The molecule has 4 aliphatic carbocycles. The molecule has 1 spiro atoms. The molecule has 8 rings (SSSR count). The molecule has 1 unspecified atom stereocenters. The van der Waals surface area contributed by atoms with E-state index < -0.39 is 7.14 Å². The number of ether oxygens (including phenoxy) is 1. The molecule has 5 aliphatic rings. The Morgan fingerprint density at radius 1 is 0.818 bits per heavy atom. The van der Waals surface area contributed by atoms with Crippen LogP contribution in [-0.2, 0) is 14.1 Å². The lowest BCUT2D eigenvalue weighted by molar-refractivity contribution is -0.114. The van der Waals surface area contributed by atoms with Crippen LogP contribution in [0.2, 0.25) is 0 Å². The van der Waals surface area contributed by atoms with Crippen molar-refractivity contribution in [3.63, 3.8) is 0 Å². The summed E-state index contributed by atoms with van der Waals surface area (Å²) in [4.78, 5) is 12.5. The lowest BCUT2D eigenvalue weighted by Crippen LogP contribution is -2.52. The summed E-state index contributed by atoms with van der Waals surface area (Å²) in [5, 5.41) is 2.58. The highest BCUT2D eigenvalue weighted by molar-refractivity contribution is 7.85. The molecule has 1 heterocycles. The minimum Gasteiger partial charge on any atom is -0.370 e. The van der Waals surface area contributed by atoms with Crippen LogP contribution in [0.25, 0.3) is 0 Å². The summed E-state index contributed by atoms with van der Waals surface area (Å²) in [5.41, 5.74) is 6.68. The molecule has 0 radical (unpaired) electrons. The number of hydrogen-bond acceptors (Lipinski definition) is 3. The average molecular weight is 601 g/mol. The average Bonchev–Trinajstić information content (AvgIpc) is 3.59. The Morgan fingerprint density at radius 2 is 1.48 bits per heavy atom. The van der Waals surface area contributed by atoms with Crippen LogP contribution < -0.4 is 15.9 Å². The number of ketones is 1. The number of hydrogen-bond donors (Lipinski definition) is 0. The van der Waals surface area contributed by atoms with Gasteiger partial charge in [0.1, 0.15) is 0 Å². The van der Waals surface area contributed by atoms with Gasteiger partial charge in [0.15, 0.2) is 12.9 Å². The molecule has 44 heavy (non-hydrogen) atoms. The second-order valence-electron chi connectivity index (χ2n) is 13.9. The summed E-state index contributed by atoms with van der Waals surface area (Å²) in [5.74, 6) is 1.57. The number of benzene rings is 3. The van der Waals surface area contributed by atoms with Crippen molar-refractivity contribution in [2.24, 2.45) is 17.3 Å². The van der Waals surface area contributed by atoms with Gasteiger partial charge < -0.3 is 9.30 Å². The van der Waals surface area contributed by atoms with Crippen LogP contribution in [-0.4, -0.2) is 18.0 Å². The normalized spacial score (nSPS) is 31.5. The van der Waals surface area contributed by atoms with E-state index in [1.807, 2.05) is 66.7 Å². The van der Waals surface area contributed by atoms with Crippen LogP contribution in [0, 0.1) is 17.3 Å². The van der Waals surface area contributed by atoms with Gasteiger partial charge in [0, 0.05) is 33.7 Å². The van der Waals surface area contributed by atoms with Crippen molar-refractivity contribution >= 4 is 28.8 Å². The minimum atomic E-state index is -3.05. The summed E-state index contributed by atoms with van der Waals surface area (Å²) in [6, 6.07) is 28.6. The van der Waals surface area contributed by atoms with Crippen molar-refractivity contribution in [1.29, 1.82) is 0 Å². The van der Waals surface area contributed by atoms with Crippen molar-refractivity contribution in [3.05, 3.63) is 125 Å². The summed E-state index contributed by atoms with van der Waals surface area (Å²) >= 11 is 0. The molecule has 224 valence electrons. The summed E-state index contributed by atoms with van der Waals surface area (Å²) in [7, 11) is -3.05. The quantitative estimate of drug-likeness (QED) is 0.226. The first kappa shape index (κ1) is 28.2. The molecule has 3 aromatic carbocycles. The zero-order valence-corrected chi connectivity index (χ0v) is 26.5. The van der Waals surface area contributed by atoms with Gasteiger partial charge in [0.25, 0.3) is 0 Å². The third kappa shape index (κ3) is 3.98. The second-order valence-corrected chi connectivity index (χ2v) is 16.7. The largest absolute Gasteiger partial charge is 0.370 e. The lowest BCUT2D eigenvalue weighted by Gasteiger charge is -2.55. The van der Waals surface area contributed by atoms with Gasteiger partial charge in [-0.05, 0) is 85.1 Å². The van der Waals surface area contributed by atoms with E-state index in [4.69, 9.17) is 4.74 Å². The van der Waals surface area contributed by atoms with Crippen LogP contribution in [0.15, 0.2) is 120 Å². The molecular weight excluding hydrogens is 559 g/mol. The smallest absolute Gasteiger partial charge is 0.171 e. The van der Waals surface area contributed by atoms with Crippen LogP contribution in [0.5, 0.6) is 0 Å². The molecule has 0 bridgehead atoms. The fourth-order valence-electron chi connectivity index (χ4n) is 10.1. The maximum Gasteiger partial charge on any atom is 0.171 e. The summed E-state index contributed by atoms with van der Waals surface area (Å²) in [6.45, 7) is 7.86. The second kappa shape index (κ2) is 10.4. The van der Waals surface area contributed by atoms with Crippen LogP contribution in [0.3, 0.4) is 0 Å². The van der Waals surface area contributed by atoms with E-state index in [0.717, 1.165) is 61.0 Å². The van der Waals surface area contributed by atoms with Gasteiger partial charge in [0.2, 0.25) is 0 Å². The van der Waals surface area contributed by atoms with Crippen LogP contribution in [0.4, 0.5) is 0 Å². The molecule has 2 saturated carbocycles. The zero-order chi connectivity index (χ0) is 30.1. The molecule has 1 saturated heterocycles. The van der Waals surface area contributed by atoms with Gasteiger partial charge in [-0.15, -0.1) is 0 Å². The van der Waals surface area contributed by atoms with Crippen molar-refractivity contribution < 1.29 is 14.1 Å². The van der Waals surface area contributed by atoms with Crippen molar-refractivity contribution in [1.82, 2.24) is 0 Å². The fraction of sp³-hybridized carbons (Fsp3) is 0.375. The maximum absolute atomic E-state index is 15.1. The molecule has 4 heteroatoms. The Labute approximate surface area is 261 Å². The molecule has 3 fully saturated rings. The third-order valence-electron chi connectivity index (χ3n) is 12.1. The van der Waals surface area contributed by atoms with E-state index in [1.54, 1.807) is 5.57 Å². The van der Waals surface area contributed by atoms with Gasteiger partial charge in [-0.3, -0.25) is 4.79 Å². The Morgan fingerprint density at radius 3 is 2.11 bits per heavy atom. The van der Waals surface area contributed by atoms with Gasteiger partial charge in [-0.1, -0.05) is 104 Å². The van der Waals surface area contributed by atoms with E-state index in [-0.39, 0.29) is 22.7 Å². The first-order valence-corrected chi connectivity index (χ1v) is 18.2. The Kier molecular flexibility index (Phi) is 6.67. The van der Waals surface area contributed by atoms with E-state index in [0.29, 0.717) is 18.3 Å². The highest BCUT2D eigenvalue weighted by Crippen LogP contribution is 2.70. The first-order valence-electron chi connectivity index (χ1n) is 16.5. The van der Waals surface area contributed by atoms with Gasteiger partial charge in [-0.2, -0.15) is 0 Å². The summed E-state index contributed by atoms with van der Waals surface area (Å²) < 4.78 is 21.8. The van der Waals surface area contributed by atoms with E-state index >= 15 is 4.57 Å². The predicted molar refractivity (Wildman–Crippen MR) is 179 cm³/mol. The van der Waals surface area contributed by atoms with Crippen LogP contribution >= 0.6 is 7.14 Å². The Balaban J connectivity index is 1.26. The molecule has 1 aliphatic heterocycles. The zero-order valence-electron chi connectivity index (χ0n) is 25.6. The number of carbonyl (C=O) groups excluding carboxylic acids is 1. The fourth-order valence-corrected chi connectivity index (χ4v) is 12.7. The predicted octanol–water partition coefficient (Wildman–Crippen LogP) is 7.94. The number of fused-ring (bicyclic) bond motifs is 5. The molecule has 0 amide bonds. The van der Waals surface area contributed by atoms with Gasteiger partial charge in [-0.25, -0.2) is 0 Å². The standard InChI is InChI=1S/C40H41O3P/c1-27-22-24-43-40(27)23-21-37-35-19-15-29-25-30(41)16-20-34(29)38(35)36(26-39(37,40)2)28-13-17-33(18-14-28)44(42,31-9-5-3-6-10-31)32-11-7-4-8-12-32/h3-14,17-18,25,35-37H,1,15-16,19-24,26H2,2H3/t35?,36-,37+,39+,40-/m1/s1. The monoisotopic (exact) mass is 600 g/mol. The SMILES string of the molecule is C=C1CCO[C@]12CC[C@H]1C3CCC4=CC(=O)CCC4=C3[C@@H](c3ccc(P(=O)(c4ccccc4)c4ccccc4)cc3)C[C@@]12C. The minimum absolute atomic E-state index is 0.00766. The number of allylic oxidation sites excluding steroid dienone is 4. The highest BCUT2D eigenvalue weighted by atomic mass is 31.2. The number of rotatable bonds is 4. The first-order chi connectivity index (χ1) is 21.3. The van der Waals surface area contributed by atoms with E-state index in [9.17, 15) is 4.79 Å². The molecular formula is C40H41O3P. The van der Waals surface area contributed by atoms with Crippen molar-refractivity contribution in [2.45, 2.75) is 69.8 Å². The highest BCUT2D eigenvalue weighted by Gasteiger charge is 2.66. The van der Waals surface area contributed by atoms with Crippen LogP contribution in [0.1, 0.15) is 69.8 Å². The Bertz CT molecular complexity index is 1710. The molecule has 3 aromatic rings. The number of carbonyl (C=O) groups is 1. The maximum atomic E-state index is 15.1. The molecule has 3 nitrogen and oxygen atoms in total. The van der Waals surface area contributed by atoms with Gasteiger partial charge >= 0.3 is 0 Å². The third-order valence-corrected chi connectivity index (χ3v) is 15.2. The lowest BCUT2D eigenvalue weighted by atomic mass is 9.50. The van der Waals surface area contributed by atoms with Crippen molar-refractivity contribution in [2.75, 3.05) is 6.61 Å². The molecule has 0 aromatic heterocycles. The molecule has 0 N–H and O–H groups in total. The topological polar surface area (TPSA) is 43.4 Å². The van der Waals surface area contributed by atoms with Crippen molar-refractivity contribution in [3.8, 4) is 0 Å². The Hall–Kier alpha value is -3.26.